The molecule has 0 unspecified atom stereocenters. The van der Waals surface area contributed by atoms with Crippen LogP contribution in [0.5, 0.6) is 0 Å². The predicted octanol–water partition coefficient (Wildman–Crippen LogP) is 3.03. The number of thioether (sulfide) groups is 1. The van der Waals surface area contributed by atoms with E-state index in [1.165, 1.54) is 0 Å². The highest BCUT2D eigenvalue weighted by Crippen LogP contribution is 2.29. The van der Waals surface area contributed by atoms with Crippen molar-refractivity contribution in [2.24, 2.45) is 0 Å². The van der Waals surface area contributed by atoms with Crippen LogP contribution in [0.4, 0.5) is 0 Å². The summed E-state index contributed by atoms with van der Waals surface area (Å²) in [7, 11) is 0. The lowest BCUT2D eigenvalue weighted by Gasteiger charge is -2.25. The molecule has 0 aromatic heterocycles. The predicted molar refractivity (Wildman–Crippen MR) is 64.8 cm³/mol. The van der Waals surface area contributed by atoms with E-state index in [1.54, 1.807) is 23.9 Å². The fourth-order valence-corrected chi connectivity index (χ4v) is 2.58. The van der Waals surface area contributed by atoms with Crippen molar-refractivity contribution in [2.75, 3.05) is 12.0 Å². The van der Waals surface area contributed by atoms with Gasteiger partial charge in [-0.15, -0.1) is 0 Å². The van der Waals surface area contributed by atoms with Crippen molar-refractivity contribution < 1.29 is 9.90 Å². The Bertz CT molecular complexity index is 358. The fraction of sp³-hybridized carbons (Fsp3) is 0.417. The molecule has 1 aromatic carbocycles. The summed E-state index contributed by atoms with van der Waals surface area (Å²) in [5.74, 6) is 0.0666. The van der Waals surface area contributed by atoms with E-state index < -0.39 is 5.97 Å². The summed E-state index contributed by atoms with van der Waals surface area (Å²) in [5.41, 5.74) is 1.22. The molecule has 1 rings (SSSR count). The molecule has 0 aliphatic carbocycles. The zero-order chi connectivity index (χ0) is 11.5. The van der Waals surface area contributed by atoms with Crippen molar-refractivity contribution in [3.05, 3.63) is 35.4 Å². The minimum atomic E-state index is -0.847. The van der Waals surface area contributed by atoms with Gasteiger partial charge in [-0.3, -0.25) is 0 Å². The number of benzene rings is 1. The normalized spacial score (nSPS) is 11.4. The second-order valence-corrected chi connectivity index (χ2v) is 5.03. The molecule has 1 N–H and O–H groups in total. The molecule has 0 radical (unpaired) electrons. The van der Waals surface area contributed by atoms with Gasteiger partial charge in [0.2, 0.25) is 0 Å². The Balaban J connectivity index is 3.18. The summed E-state index contributed by atoms with van der Waals surface area (Å²) in [4.78, 5) is 11.1. The van der Waals surface area contributed by atoms with Gasteiger partial charge in [-0.25, -0.2) is 4.79 Å². The third kappa shape index (κ3) is 2.75. The maximum absolute atomic E-state index is 11.1. The molecule has 0 saturated heterocycles. The van der Waals surface area contributed by atoms with Gasteiger partial charge in [-0.2, -0.15) is 11.8 Å². The zero-order valence-electron chi connectivity index (χ0n) is 9.28. The van der Waals surface area contributed by atoms with E-state index in [4.69, 9.17) is 5.11 Å². The summed E-state index contributed by atoms with van der Waals surface area (Å²) >= 11 is 1.73. The van der Waals surface area contributed by atoms with Crippen molar-refractivity contribution in [2.45, 2.75) is 19.3 Å². The first-order valence-corrected chi connectivity index (χ1v) is 6.20. The molecule has 0 fully saturated rings. The van der Waals surface area contributed by atoms with Crippen LogP contribution in [0.3, 0.4) is 0 Å². The van der Waals surface area contributed by atoms with Gasteiger partial charge in [0, 0.05) is 5.75 Å². The second kappa shape index (κ2) is 4.71. The summed E-state index contributed by atoms with van der Waals surface area (Å²) in [5, 5.41) is 9.09. The molecule has 0 saturated carbocycles. The van der Waals surface area contributed by atoms with Crippen molar-refractivity contribution in [1.29, 1.82) is 0 Å². The molecule has 82 valence electrons. The molecule has 0 aliphatic heterocycles. The van der Waals surface area contributed by atoms with Gasteiger partial charge >= 0.3 is 5.97 Å². The van der Waals surface area contributed by atoms with Crippen LogP contribution in [-0.4, -0.2) is 23.1 Å². The van der Waals surface area contributed by atoms with Gasteiger partial charge < -0.3 is 5.11 Å². The lowest BCUT2D eigenvalue weighted by Crippen LogP contribution is -2.23. The van der Waals surface area contributed by atoms with Crippen LogP contribution in [0.1, 0.15) is 29.8 Å². The van der Waals surface area contributed by atoms with Crippen LogP contribution < -0.4 is 0 Å². The maximum atomic E-state index is 11.1. The van der Waals surface area contributed by atoms with Crippen LogP contribution in [-0.2, 0) is 5.41 Å². The molecule has 15 heavy (non-hydrogen) atoms. The number of aromatic carboxylic acids is 1. The number of carboxylic acids is 1. The van der Waals surface area contributed by atoms with Crippen molar-refractivity contribution >= 4 is 17.7 Å². The molecular formula is C12H16O2S. The minimum Gasteiger partial charge on any atom is -0.478 e. The Morgan fingerprint density at radius 2 is 2.00 bits per heavy atom. The standard InChI is InChI=1S/C12H16O2S/c1-12(2,8-15-3)10-7-5-4-6-9(10)11(13)14/h4-7H,8H2,1-3H3,(H,13,14). The molecule has 2 nitrogen and oxygen atoms in total. The van der Waals surface area contributed by atoms with Gasteiger partial charge in [-0.05, 0) is 23.3 Å². The van der Waals surface area contributed by atoms with Crippen LogP contribution in [0.15, 0.2) is 24.3 Å². The van der Waals surface area contributed by atoms with Gasteiger partial charge in [0.15, 0.2) is 0 Å². The molecule has 0 heterocycles. The molecule has 0 bridgehead atoms. The Morgan fingerprint density at radius 3 is 2.53 bits per heavy atom. The van der Waals surface area contributed by atoms with E-state index in [9.17, 15) is 4.79 Å². The minimum absolute atomic E-state index is 0.103. The van der Waals surface area contributed by atoms with Crippen molar-refractivity contribution in [1.82, 2.24) is 0 Å². The second-order valence-electron chi connectivity index (χ2n) is 4.17. The maximum Gasteiger partial charge on any atom is 0.335 e. The highest BCUT2D eigenvalue weighted by atomic mass is 32.2. The molecule has 3 heteroatoms. The van der Waals surface area contributed by atoms with Gasteiger partial charge in [-0.1, -0.05) is 32.0 Å². The lowest BCUT2D eigenvalue weighted by molar-refractivity contribution is 0.0694. The first-order chi connectivity index (χ1) is 6.99. The molecular weight excluding hydrogens is 208 g/mol. The Hall–Kier alpha value is -0.960. The zero-order valence-corrected chi connectivity index (χ0v) is 10.1. The Morgan fingerprint density at radius 1 is 1.40 bits per heavy atom. The number of carboxylic acid groups (broad SMARTS) is 1. The van der Waals surface area contributed by atoms with Gasteiger partial charge in [0.05, 0.1) is 5.56 Å². The topological polar surface area (TPSA) is 37.3 Å². The summed E-state index contributed by atoms with van der Waals surface area (Å²) in [6, 6.07) is 7.23. The van der Waals surface area contributed by atoms with Crippen LogP contribution in [0.25, 0.3) is 0 Å². The third-order valence-electron chi connectivity index (χ3n) is 2.39. The SMILES string of the molecule is CSCC(C)(C)c1ccccc1C(=O)O. The van der Waals surface area contributed by atoms with E-state index in [-0.39, 0.29) is 5.41 Å². The largest absolute Gasteiger partial charge is 0.478 e. The highest BCUT2D eigenvalue weighted by Gasteiger charge is 2.24. The number of carbonyl (C=O) groups is 1. The van der Waals surface area contributed by atoms with E-state index in [0.29, 0.717) is 5.56 Å². The first kappa shape index (κ1) is 12.1. The highest BCUT2D eigenvalue weighted by molar-refractivity contribution is 7.98. The van der Waals surface area contributed by atoms with E-state index in [0.717, 1.165) is 11.3 Å². The summed E-state index contributed by atoms with van der Waals surface area (Å²) < 4.78 is 0. The monoisotopic (exact) mass is 224 g/mol. The van der Waals surface area contributed by atoms with E-state index in [1.807, 2.05) is 18.4 Å². The number of rotatable bonds is 4. The number of hydrogen-bond acceptors (Lipinski definition) is 2. The molecule has 0 aliphatic rings. The summed E-state index contributed by atoms with van der Waals surface area (Å²) in [6.45, 7) is 4.15. The molecule has 0 amide bonds. The molecule has 0 atom stereocenters. The van der Waals surface area contributed by atoms with Crippen LogP contribution in [0.2, 0.25) is 0 Å². The smallest absolute Gasteiger partial charge is 0.335 e. The molecule has 1 aromatic rings. The van der Waals surface area contributed by atoms with Crippen molar-refractivity contribution in [3.8, 4) is 0 Å². The van der Waals surface area contributed by atoms with E-state index in [2.05, 4.69) is 13.8 Å². The van der Waals surface area contributed by atoms with Gasteiger partial charge in [0.1, 0.15) is 0 Å². The van der Waals surface area contributed by atoms with Gasteiger partial charge in [0.25, 0.3) is 0 Å². The van der Waals surface area contributed by atoms with Crippen molar-refractivity contribution in [3.63, 3.8) is 0 Å². The number of hydrogen-bond donors (Lipinski definition) is 1. The average Bonchev–Trinajstić information content (AvgIpc) is 2.17. The fourth-order valence-electron chi connectivity index (χ4n) is 1.70. The van der Waals surface area contributed by atoms with Crippen LogP contribution in [0, 0.1) is 0 Å². The lowest BCUT2D eigenvalue weighted by atomic mass is 9.83. The average molecular weight is 224 g/mol. The Kier molecular flexibility index (Phi) is 3.80. The van der Waals surface area contributed by atoms with E-state index >= 15 is 0 Å². The quantitative estimate of drug-likeness (QED) is 0.854. The molecule has 0 spiro atoms. The third-order valence-corrected chi connectivity index (χ3v) is 3.40. The van der Waals surface area contributed by atoms with Crippen LogP contribution >= 0.6 is 11.8 Å². The summed E-state index contributed by atoms with van der Waals surface area (Å²) in [6.07, 6.45) is 2.03. The first-order valence-electron chi connectivity index (χ1n) is 4.81. The Labute approximate surface area is 94.7 Å².